The second-order valence-electron chi connectivity index (χ2n) is 7.57. The van der Waals surface area contributed by atoms with Crippen LogP contribution >= 0.6 is 27.7 Å². The van der Waals surface area contributed by atoms with E-state index in [1.165, 1.54) is 17.3 Å². The number of amides is 1. The Balaban J connectivity index is 1.64. The maximum absolute atomic E-state index is 12.7. The van der Waals surface area contributed by atoms with Gasteiger partial charge in [0.2, 0.25) is 5.91 Å². The number of nitriles is 1. The van der Waals surface area contributed by atoms with Gasteiger partial charge < -0.3 is 5.32 Å². The molecular weight excluding hydrogens is 498 g/mol. The summed E-state index contributed by atoms with van der Waals surface area (Å²) in [5.74, 6) is 0.0380. The number of aromatic nitrogens is 1. The highest BCUT2D eigenvalue weighted by molar-refractivity contribution is 9.10. The van der Waals surface area contributed by atoms with Crippen molar-refractivity contribution in [3.8, 4) is 6.07 Å². The molecule has 1 N–H and O–H groups in total. The number of hydrogen-bond acceptors (Lipinski definition) is 5. The predicted octanol–water partition coefficient (Wildman–Crippen LogP) is 5.21. The van der Waals surface area contributed by atoms with E-state index in [2.05, 4.69) is 32.3 Å². The summed E-state index contributed by atoms with van der Waals surface area (Å²) >= 11 is 4.62. The molecule has 0 saturated carbocycles. The highest BCUT2D eigenvalue weighted by Crippen LogP contribution is 2.28. The smallest absolute Gasteiger partial charge is 0.230 e. The van der Waals surface area contributed by atoms with Crippen molar-refractivity contribution >= 4 is 39.4 Å². The van der Waals surface area contributed by atoms with E-state index in [1.54, 1.807) is 12.1 Å². The number of carbonyl (C=O) groups excluding carboxylic acids is 2. The molecule has 0 aliphatic rings. The summed E-state index contributed by atoms with van der Waals surface area (Å²) in [5.41, 5.74) is 4.39. The van der Waals surface area contributed by atoms with Gasteiger partial charge in [0.1, 0.15) is 11.1 Å². The fraction of sp³-hybridized carbons (Fsp3) is 0.231. The van der Waals surface area contributed by atoms with Gasteiger partial charge in [-0.3, -0.25) is 9.59 Å². The zero-order chi connectivity index (χ0) is 23.8. The molecule has 7 heteroatoms. The minimum absolute atomic E-state index is 0.0300. The fourth-order valence-electron chi connectivity index (χ4n) is 3.43. The molecule has 0 aliphatic heterocycles. The number of Topliss-reactive ketones (excluding diaryl/α,β-unsaturated/α-hetero) is 1. The molecule has 5 nitrogen and oxygen atoms in total. The number of rotatable bonds is 9. The molecule has 1 heterocycles. The van der Waals surface area contributed by atoms with Crippen molar-refractivity contribution in [3.05, 3.63) is 92.6 Å². The quantitative estimate of drug-likeness (QED) is 0.308. The summed E-state index contributed by atoms with van der Waals surface area (Å²) in [6.45, 7) is 4.22. The van der Waals surface area contributed by atoms with Crippen molar-refractivity contribution in [1.29, 1.82) is 5.26 Å². The number of aryl methyl sites for hydroxylation is 1. The second-order valence-corrected chi connectivity index (χ2v) is 9.45. The summed E-state index contributed by atoms with van der Waals surface area (Å²) in [4.78, 5) is 29.6. The third-order valence-corrected chi connectivity index (χ3v) is 6.79. The summed E-state index contributed by atoms with van der Waals surface area (Å²) < 4.78 is 0.908. The summed E-state index contributed by atoms with van der Waals surface area (Å²) in [6.07, 6.45) is 0.935. The third kappa shape index (κ3) is 6.77. The van der Waals surface area contributed by atoms with Gasteiger partial charge in [0, 0.05) is 28.7 Å². The molecule has 2 aromatic carbocycles. The van der Waals surface area contributed by atoms with E-state index < -0.39 is 0 Å². The predicted molar refractivity (Wildman–Crippen MR) is 134 cm³/mol. The Morgan fingerprint density at radius 2 is 1.79 bits per heavy atom. The Morgan fingerprint density at radius 3 is 2.45 bits per heavy atom. The van der Waals surface area contributed by atoms with Gasteiger partial charge in [-0.1, -0.05) is 70.2 Å². The Morgan fingerprint density at radius 1 is 1.09 bits per heavy atom. The number of ketones is 1. The number of nitrogens with zero attached hydrogens (tertiary/aromatic N) is 2. The summed E-state index contributed by atoms with van der Waals surface area (Å²) in [6, 6.07) is 19.4. The number of hydrogen-bond donors (Lipinski definition) is 1. The number of carbonyl (C=O) groups is 2. The highest BCUT2D eigenvalue weighted by atomic mass is 79.9. The van der Waals surface area contributed by atoms with E-state index >= 15 is 0 Å². The molecule has 3 aromatic rings. The average Bonchev–Trinajstić information content (AvgIpc) is 2.81. The Labute approximate surface area is 206 Å². The lowest BCUT2D eigenvalue weighted by Gasteiger charge is -2.14. The molecule has 1 amide bonds. The van der Waals surface area contributed by atoms with E-state index in [0.29, 0.717) is 28.4 Å². The van der Waals surface area contributed by atoms with Crippen molar-refractivity contribution in [2.75, 3.05) is 12.3 Å². The van der Waals surface area contributed by atoms with Crippen LogP contribution in [-0.2, 0) is 17.6 Å². The topological polar surface area (TPSA) is 82.8 Å². The van der Waals surface area contributed by atoms with Gasteiger partial charge in [-0.25, -0.2) is 4.98 Å². The first kappa shape index (κ1) is 24.7. The molecule has 0 fully saturated rings. The molecule has 0 unspecified atom stereocenters. The molecule has 0 bridgehead atoms. The molecule has 0 aliphatic carbocycles. The number of halogens is 1. The first-order valence-electron chi connectivity index (χ1n) is 10.5. The standard InChI is InChI=1S/C26H24BrN3O2S/c1-17-22(14-24(31)20-8-10-21(27)11-9-20)18(2)30-26(23(17)15-28)33-16-25(32)29-13-12-19-6-4-3-5-7-19/h3-11H,12-14,16H2,1-2H3,(H,29,32). The maximum atomic E-state index is 12.7. The number of nitrogens with one attached hydrogen (secondary N) is 1. The van der Waals surface area contributed by atoms with Gasteiger partial charge in [0.25, 0.3) is 0 Å². The fourth-order valence-corrected chi connectivity index (χ4v) is 4.61. The van der Waals surface area contributed by atoms with E-state index in [-0.39, 0.29) is 23.9 Å². The Kier molecular flexibility index (Phi) is 8.81. The number of pyridine rings is 1. The van der Waals surface area contributed by atoms with Crippen molar-refractivity contribution in [2.24, 2.45) is 0 Å². The number of benzene rings is 2. The number of thioether (sulfide) groups is 1. The maximum Gasteiger partial charge on any atom is 0.230 e. The molecule has 0 saturated heterocycles. The molecule has 168 valence electrons. The van der Waals surface area contributed by atoms with E-state index in [0.717, 1.165) is 22.0 Å². The minimum Gasteiger partial charge on any atom is -0.355 e. The Hall–Kier alpha value is -2.95. The monoisotopic (exact) mass is 521 g/mol. The average molecular weight is 522 g/mol. The Bertz CT molecular complexity index is 1190. The molecule has 0 spiro atoms. The van der Waals surface area contributed by atoms with Crippen LogP contribution in [0, 0.1) is 25.2 Å². The lowest BCUT2D eigenvalue weighted by Crippen LogP contribution is -2.27. The van der Waals surface area contributed by atoms with Crippen molar-refractivity contribution in [3.63, 3.8) is 0 Å². The lowest BCUT2D eigenvalue weighted by atomic mass is 9.96. The van der Waals surface area contributed by atoms with Crippen molar-refractivity contribution in [1.82, 2.24) is 10.3 Å². The van der Waals surface area contributed by atoms with Gasteiger partial charge in [-0.15, -0.1) is 0 Å². The summed E-state index contributed by atoms with van der Waals surface area (Å²) in [5, 5.41) is 13.2. The molecule has 3 rings (SSSR count). The van der Waals surface area contributed by atoms with Crippen LogP contribution in [0.25, 0.3) is 0 Å². The first-order chi connectivity index (χ1) is 15.9. The molecule has 0 radical (unpaired) electrons. The van der Waals surface area contributed by atoms with Gasteiger partial charge in [-0.05, 0) is 49.1 Å². The van der Waals surface area contributed by atoms with Crippen LogP contribution in [0.5, 0.6) is 0 Å². The van der Waals surface area contributed by atoms with Crippen molar-refractivity contribution < 1.29 is 9.59 Å². The van der Waals surface area contributed by atoms with Crippen LogP contribution in [0.1, 0.15) is 38.3 Å². The van der Waals surface area contributed by atoms with Crippen LogP contribution in [0.15, 0.2) is 64.1 Å². The van der Waals surface area contributed by atoms with Crippen LogP contribution in [-0.4, -0.2) is 29.0 Å². The third-order valence-electron chi connectivity index (χ3n) is 5.28. The van der Waals surface area contributed by atoms with Crippen LogP contribution in [0.4, 0.5) is 0 Å². The largest absolute Gasteiger partial charge is 0.355 e. The normalized spacial score (nSPS) is 10.5. The zero-order valence-electron chi connectivity index (χ0n) is 18.5. The highest BCUT2D eigenvalue weighted by Gasteiger charge is 2.19. The van der Waals surface area contributed by atoms with Crippen LogP contribution in [0.3, 0.4) is 0 Å². The zero-order valence-corrected chi connectivity index (χ0v) is 20.9. The first-order valence-corrected chi connectivity index (χ1v) is 12.3. The van der Waals surface area contributed by atoms with E-state index in [1.807, 2.05) is 56.3 Å². The molecule has 33 heavy (non-hydrogen) atoms. The lowest BCUT2D eigenvalue weighted by molar-refractivity contribution is -0.118. The second kappa shape index (κ2) is 11.8. The van der Waals surface area contributed by atoms with Gasteiger partial charge in [0.15, 0.2) is 5.78 Å². The van der Waals surface area contributed by atoms with Gasteiger partial charge in [0.05, 0.1) is 11.3 Å². The van der Waals surface area contributed by atoms with Crippen molar-refractivity contribution in [2.45, 2.75) is 31.7 Å². The molecule has 0 atom stereocenters. The molecule has 1 aromatic heterocycles. The van der Waals surface area contributed by atoms with Gasteiger partial charge in [-0.2, -0.15) is 5.26 Å². The summed E-state index contributed by atoms with van der Waals surface area (Å²) in [7, 11) is 0. The minimum atomic E-state index is -0.105. The van der Waals surface area contributed by atoms with E-state index in [9.17, 15) is 14.9 Å². The SMILES string of the molecule is Cc1nc(SCC(=O)NCCc2ccccc2)c(C#N)c(C)c1CC(=O)c1ccc(Br)cc1. The van der Waals surface area contributed by atoms with E-state index in [4.69, 9.17) is 0 Å². The van der Waals surface area contributed by atoms with Crippen LogP contribution < -0.4 is 5.32 Å². The van der Waals surface area contributed by atoms with Gasteiger partial charge >= 0.3 is 0 Å². The molecular formula is C26H24BrN3O2S. The van der Waals surface area contributed by atoms with Crippen LogP contribution in [0.2, 0.25) is 0 Å².